The van der Waals surface area contributed by atoms with Crippen LogP contribution in [0.4, 0.5) is 43.9 Å². The van der Waals surface area contributed by atoms with Crippen LogP contribution in [0.2, 0.25) is 0 Å². The molecule has 4 fully saturated rings. The van der Waals surface area contributed by atoms with E-state index in [1.165, 1.54) is 0 Å². The zero-order chi connectivity index (χ0) is 17.7. The molecule has 0 atom stereocenters. The zero-order valence-electron chi connectivity index (χ0n) is 11.3. The van der Waals surface area contributed by atoms with E-state index in [1.807, 2.05) is 0 Å². The molecule has 4 rings (SSSR count). The van der Waals surface area contributed by atoms with Gasteiger partial charge in [0.1, 0.15) is 28.2 Å². The van der Waals surface area contributed by atoms with Gasteiger partial charge in [0.05, 0.1) is 0 Å². The third-order valence-corrected chi connectivity index (χ3v) is 4.73. The van der Waals surface area contributed by atoms with Crippen molar-refractivity contribution in [3.8, 4) is 0 Å². The first-order valence-corrected chi connectivity index (χ1v) is 6.68. The van der Waals surface area contributed by atoms with E-state index in [0.717, 1.165) is 0 Å². The summed E-state index contributed by atoms with van der Waals surface area (Å²) in [5.41, 5.74) is -18.4. The Bertz CT molecular complexity index is 521. The highest BCUT2D eigenvalue weighted by Crippen LogP contribution is 2.70. The molecule has 4 bridgehead atoms. The highest BCUT2D eigenvalue weighted by Gasteiger charge is 2.76. The average Bonchev–Trinajstić information content (AvgIpc) is 2.13. The van der Waals surface area contributed by atoms with Crippen molar-refractivity contribution in [2.24, 2.45) is 0 Å². The average molecular weight is 356 g/mol. The van der Waals surface area contributed by atoms with E-state index in [0.29, 0.717) is 0 Å². The Morgan fingerprint density at radius 3 is 1.17 bits per heavy atom. The topological polar surface area (TPSA) is 0 Å². The molecule has 132 valence electrons. The molecule has 4 aliphatic carbocycles. The Labute approximate surface area is 123 Å². The van der Waals surface area contributed by atoms with Gasteiger partial charge in [0, 0.05) is 37.7 Å². The minimum absolute atomic E-state index is 0.919. The summed E-state index contributed by atoms with van der Waals surface area (Å²) < 4.78 is 135. The Balaban J connectivity index is 2.30. The molecule has 0 amide bonds. The molecule has 4 aliphatic rings. The quantitative estimate of drug-likeness (QED) is 0.412. The Hall–Kier alpha value is -0.960. The Morgan fingerprint density at radius 2 is 0.913 bits per heavy atom. The van der Waals surface area contributed by atoms with Crippen LogP contribution in [-0.2, 0) is 0 Å². The van der Waals surface area contributed by atoms with Crippen LogP contribution < -0.4 is 0 Å². The van der Waals surface area contributed by atoms with Gasteiger partial charge in [-0.05, 0) is 0 Å². The number of hydrogen-bond acceptors (Lipinski definition) is 0. The Morgan fingerprint density at radius 1 is 0.609 bits per heavy atom. The van der Waals surface area contributed by atoms with Crippen LogP contribution in [-0.4, -0.2) is 35.0 Å². The fraction of sp³-hybridized carbons (Fsp3) is 0.846. The first-order chi connectivity index (χ1) is 10.0. The second kappa shape index (κ2) is 3.99. The van der Waals surface area contributed by atoms with Crippen LogP contribution in [0.3, 0.4) is 0 Å². The maximum atomic E-state index is 14.8. The molecule has 0 aromatic carbocycles. The van der Waals surface area contributed by atoms with Crippen LogP contribution in [0.25, 0.3) is 0 Å². The smallest absolute Gasteiger partial charge is 0.243 e. The SMILES string of the molecule is FC12CC3(F)CC(F)(C1)C(=C(C(F)(F)F)C(F)(F)F)C(F)(C2)C3. The lowest BCUT2D eigenvalue weighted by Gasteiger charge is -2.61. The first-order valence-electron chi connectivity index (χ1n) is 6.68. The monoisotopic (exact) mass is 356 g/mol. The number of halogens is 10. The van der Waals surface area contributed by atoms with Gasteiger partial charge in [-0.1, -0.05) is 0 Å². The lowest BCUT2D eigenvalue weighted by molar-refractivity contribution is -0.207. The van der Waals surface area contributed by atoms with Gasteiger partial charge in [0.25, 0.3) is 0 Å². The maximum Gasteiger partial charge on any atom is 0.421 e. The Kier molecular flexibility index (Phi) is 2.93. The number of rotatable bonds is 0. The van der Waals surface area contributed by atoms with Crippen molar-refractivity contribution in [2.75, 3.05) is 0 Å². The van der Waals surface area contributed by atoms with E-state index in [-0.39, 0.29) is 0 Å². The minimum Gasteiger partial charge on any atom is -0.243 e. The summed E-state index contributed by atoms with van der Waals surface area (Å²) >= 11 is 0. The van der Waals surface area contributed by atoms with Gasteiger partial charge in [-0.25, -0.2) is 17.6 Å². The number of allylic oxidation sites excluding steroid dienone is 2. The van der Waals surface area contributed by atoms with Crippen molar-refractivity contribution in [2.45, 2.75) is 67.1 Å². The normalized spacial score (nSPS) is 46.4. The molecule has 0 nitrogen and oxygen atoms in total. The van der Waals surface area contributed by atoms with Crippen molar-refractivity contribution < 1.29 is 43.9 Å². The molecular weight excluding hydrogens is 346 g/mol. The van der Waals surface area contributed by atoms with Crippen LogP contribution in [0, 0.1) is 0 Å². The highest BCUT2D eigenvalue weighted by atomic mass is 19.4. The van der Waals surface area contributed by atoms with Gasteiger partial charge in [-0.2, -0.15) is 26.3 Å². The summed E-state index contributed by atoms with van der Waals surface area (Å²) in [7, 11) is 0. The summed E-state index contributed by atoms with van der Waals surface area (Å²) in [5.74, 6) is 0. The predicted molar refractivity (Wildman–Crippen MR) is 57.6 cm³/mol. The molecule has 0 N–H and O–H groups in total. The summed E-state index contributed by atoms with van der Waals surface area (Å²) in [6.07, 6.45) is -18.7. The largest absolute Gasteiger partial charge is 0.421 e. The number of alkyl halides is 10. The molecule has 0 aromatic heterocycles. The third kappa shape index (κ3) is 2.34. The van der Waals surface area contributed by atoms with Gasteiger partial charge in [-0.15, -0.1) is 0 Å². The first kappa shape index (κ1) is 16.9. The van der Waals surface area contributed by atoms with Gasteiger partial charge >= 0.3 is 12.4 Å². The molecule has 4 saturated carbocycles. The van der Waals surface area contributed by atoms with Gasteiger partial charge in [0.2, 0.25) is 0 Å². The summed E-state index contributed by atoms with van der Waals surface area (Å²) in [6.45, 7) is 0. The molecule has 0 aliphatic heterocycles. The fourth-order valence-corrected chi connectivity index (χ4v) is 4.72. The molecule has 10 heteroatoms. The van der Waals surface area contributed by atoms with Crippen molar-refractivity contribution >= 4 is 0 Å². The zero-order valence-corrected chi connectivity index (χ0v) is 11.3. The molecule has 0 heterocycles. The molecule has 0 saturated heterocycles. The van der Waals surface area contributed by atoms with E-state index in [1.54, 1.807) is 0 Å². The highest BCUT2D eigenvalue weighted by molar-refractivity contribution is 5.46. The molecule has 0 spiro atoms. The number of hydrogen-bond donors (Lipinski definition) is 0. The van der Waals surface area contributed by atoms with Crippen LogP contribution in [0.15, 0.2) is 11.1 Å². The third-order valence-electron chi connectivity index (χ3n) is 4.73. The standard InChI is InChI=1S/C13H10F10/c14-8-1-9(15)4-10(16,2-8)6(11(17,3-8)5-9)7(12(18,19)20)13(21,22)23/h1-5H2. The van der Waals surface area contributed by atoms with Crippen molar-refractivity contribution in [3.05, 3.63) is 11.1 Å². The second-order valence-corrected chi connectivity index (χ2v) is 6.86. The van der Waals surface area contributed by atoms with Crippen LogP contribution in [0.1, 0.15) is 32.1 Å². The van der Waals surface area contributed by atoms with E-state index in [9.17, 15) is 43.9 Å². The predicted octanol–water partition coefficient (Wildman–Crippen LogP) is 5.23. The molecule has 23 heavy (non-hydrogen) atoms. The molecular formula is C13H10F10. The van der Waals surface area contributed by atoms with Crippen LogP contribution in [0.5, 0.6) is 0 Å². The lowest BCUT2D eigenvalue weighted by atomic mass is 9.48. The molecule has 0 unspecified atom stereocenters. The van der Waals surface area contributed by atoms with E-state index >= 15 is 0 Å². The van der Waals surface area contributed by atoms with Gasteiger partial charge < -0.3 is 0 Å². The van der Waals surface area contributed by atoms with Crippen LogP contribution >= 0.6 is 0 Å². The van der Waals surface area contributed by atoms with Crippen molar-refractivity contribution in [1.29, 1.82) is 0 Å². The summed E-state index contributed by atoms with van der Waals surface area (Å²) in [4.78, 5) is 0. The lowest BCUT2D eigenvalue weighted by Crippen LogP contribution is -2.69. The van der Waals surface area contributed by atoms with Gasteiger partial charge in [-0.3, -0.25) is 0 Å². The second-order valence-electron chi connectivity index (χ2n) is 6.86. The van der Waals surface area contributed by atoms with Crippen molar-refractivity contribution in [3.63, 3.8) is 0 Å². The summed E-state index contributed by atoms with van der Waals surface area (Å²) in [6, 6.07) is 0. The van der Waals surface area contributed by atoms with Crippen molar-refractivity contribution in [1.82, 2.24) is 0 Å². The molecule has 0 aromatic rings. The van der Waals surface area contributed by atoms with E-state index < -0.39 is 78.3 Å². The summed E-state index contributed by atoms with van der Waals surface area (Å²) in [5, 5.41) is 0. The van der Waals surface area contributed by atoms with Gasteiger partial charge in [0.15, 0.2) is 0 Å². The molecule has 0 radical (unpaired) electrons. The fourth-order valence-electron chi connectivity index (χ4n) is 4.72. The van der Waals surface area contributed by atoms with E-state index in [2.05, 4.69) is 0 Å². The maximum absolute atomic E-state index is 14.8. The minimum atomic E-state index is -6.09. The van der Waals surface area contributed by atoms with E-state index in [4.69, 9.17) is 0 Å².